The Hall–Kier alpha value is -2.21. The molecule has 0 aromatic heterocycles. The molecule has 208 valence electrons. The van der Waals surface area contributed by atoms with Crippen molar-refractivity contribution in [3.8, 4) is 5.75 Å². The molecule has 0 radical (unpaired) electrons. The third-order valence-electron chi connectivity index (χ3n) is 6.07. The number of unbranched alkanes of at least 4 members (excludes halogenated alkanes) is 4. The first kappa shape index (κ1) is 31.0. The molecular weight excluding hydrogens is 494 g/mol. The molecule has 37 heavy (non-hydrogen) atoms. The van der Waals surface area contributed by atoms with Crippen molar-refractivity contribution in [1.29, 1.82) is 0 Å². The summed E-state index contributed by atoms with van der Waals surface area (Å²) in [6, 6.07) is 12.3. The molecule has 1 unspecified atom stereocenters. The van der Waals surface area contributed by atoms with Crippen molar-refractivity contribution in [2.45, 2.75) is 57.7 Å². The molecule has 0 aliphatic rings. The van der Waals surface area contributed by atoms with Gasteiger partial charge in [0.05, 0.1) is 12.7 Å². The Morgan fingerprint density at radius 2 is 1.62 bits per heavy atom. The number of aryl methyl sites for hydroxylation is 1. The summed E-state index contributed by atoms with van der Waals surface area (Å²) in [7, 11) is -0.501. The van der Waals surface area contributed by atoms with Gasteiger partial charge in [-0.1, -0.05) is 31.0 Å². The van der Waals surface area contributed by atoms with Crippen LogP contribution in [0.2, 0.25) is 0 Å². The highest BCUT2D eigenvalue weighted by molar-refractivity contribution is 7.90. The van der Waals surface area contributed by atoms with Crippen molar-refractivity contribution >= 4 is 15.9 Å². The van der Waals surface area contributed by atoms with Crippen molar-refractivity contribution in [1.82, 2.24) is 9.62 Å². The van der Waals surface area contributed by atoms with Crippen LogP contribution in [0.3, 0.4) is 0 Å². The highest BCUT2D eigenvalue weighted by Crippen LogP contribution is 2.22. The van der Waals surface area contributed by atoms with E-state index in [0.717, 1.165) is 69.0 Å². The molecule has 2 aromatic carbocycles. The summed E-state index contributed by atoms with van der Waals surface area (Å²) in [6.45, 7) is 2.50. The Labute approximate surface area is 221 Å². The molecule has 0 bridgehead atoms. The summed E-state index contributed by atoms with van der Waals surface area (Å²) >= 11 is 0. The molecule has 0 heterocycles. The molecule has 1 atom stereocenters. The molecule has 9 nitrogen and oxygen atoms in total. The monoisotopic (exact) mass is 537 g/mol. The lowest BCUT2D eigenvalue weighted by Gasteiger charge is -2.14. The van der Waals surface area contributed by atoms with Gasteiger partial charge in [0.2, 0.25) is 0 Å². The standard InChI is InChI=1S/C27H43N3O6S/c1-30(2)37(34,35)29-25-13-10-22(11-14-25)9-5-8-18-36-17-7-4-3-6-16-28-20-27(33)23-12-15-26(32)24(19-23)21-31/h10-15,19,27-29,31-33H,3-9,16-18,20-21H2,1-2H3. The van der Waals surface area contributed by atoms with E-state index >= 15 is 0 Å². The quantitative estimate of drug-likeness (QED) is 0.174. The molecular formula is C27H43N3O6S. The predicted molar refractivity (Wildman–Crippen MR) is 147 cm³/mol. The maximum Gasteiger partial charge on any atom is 0.301 e. The lowest BCUT2D eigenvalue weighted by molar-refractivity contribution is 0.126. The summed E-state index contributed by atoms with van der Waals surface area (Å²) < 4.78 is 33.1. The highest BCUT2D eigenvalue weighted by Gasteiger charge is 2.12. The van der Waals surface area contributed by atoms with Crippen LogP contribution in [0.4, 0.5) is 5.69 Å². The number of nitrogens with one attached hydrogen (secondary N) is 2. The van der Waals surface area contributed by atoms with Gasteiger partial charge in [-0.25, -0.2) is 0 Å². The number of hydrogen-bond donors (Lipinski definition) is 5. The van der Waals surface area contributed by atoms with Crippen LogP contribution in [0, 0.1) is 0 Å². The normalized spacial score (nSPS) is 12.7. The molecule has 0 amide bonds. The van der Waals surface area contributed by atoms with Crippen molar-refractivity contribution in [3.05, 3.63) is 59.2 Å². The van der Waals surface area contributed by atoms with E-state index in [1.165, 1.54) is 25.7 Å². The van der Waals surface area contributed by atoms with Gasteiger partial charge in [0.15, 0.2) is 0 Å². The van der Waals surface area contributed by atoms with Crippen LogP contribution in [-0.4, -0.2) is 68.4 Å². The second kappa shape index (κ2) is 16.6. The number of phenols is 1. The summed E-state index contributed by atoms with van der Waals surface area (Å²) in [5.74, 6) is 0.0351. The van der Waals surface area contributed by atoms with Gasteiger partial charge >= 0.3 is 10.2 Å². The fourth-order valence-electron chi connectivity index (χ4n) is 3.72. The minimum atomic E-state index is -3.48. The summed E-state index contributed by atoms with van der Waals surface area (Å²) in [5.41, 5.74) is 2.82. The predicted octanol–water partition coefficient (Wildman–Crippen LogP) is 3.33. The van der Waals surface area contributed by atoms with Gasteiger partial charge in [-0.05, 0) is 74.0 Å². The van der Waals surface area contributed by atoms with Gasteiger partial charge < -0.3 is 25.4 Å². The second-order valence-electron chi connectivity index (χ2n) is 9.34. The second-order valence-corrected chi connectivity index (χ2v) is 11.2. The van der Waals surface area contributed by atoms with Crippen LogP contribution >= 0.6 is 0 Å². The fraction of sp³-hybridized carbons (Fsp3) is 0.556. The number of aliphatic hydroxyl groups is 2. The molecule has 0 saturated carbocycles. The number of hydrogen-bond acceptors (Lipinski definition) is 7. The molecule has 0 spiro atoms. The number of aliphatic hydroxyl groups excluding tert-OH is 2. The first-order chi connectivity index (χ1) is 17.7. The SMILES string of the molecule is CN(C)S(=O)(=O)Nc1ccc(CCCCOCCCCCCNCC(O)c2ccc(O)c(CO)c2)cc1. The summed E-state index contributed by atoms with van der Waals surface area (Å²) in [6.07, 6.45) is 6.52. The average Bonchev–Trinajstić information content (AvgIpc) is 2.87. The van der Waals surface area contributed by atoms with E-state index in [9.17, 15) is 23.7 Å². The van der Waals surface area contributed by atoms with E-state index in [4.69, 9.17) is 4.74 Å². The van der Waals surface area contributed by atoms with E-state index < -0.39 is 16.3 Å². The van der Waals surface area contributed by atoms with Gasteiger partial charge in [0.1, 0.15) is 5.75 Å². The van der Waals surface area contributed by atoms with Crippen LogP contribution in [0.1, 0.15) is 61.3 Å². The Morgan fingerprint density at radius 1 is 0.946 bits per heavy atom. The number of aromatic hydroxyl groups is 1. The third kappa shape index (κ3) is 11.8. The number of benzene rings is 2. The van der Waals surface area contributed by atoms with E-state index in [-0.39, 0.29) is 12.4 Å². The summed E-state index contributed by atoms with van der Waals surface area (Å²) in [5, 5.41) is 32.3. The van der Waals surface area contributed by atoms with Gasteiger partial charge in [-0.3, -0.25) is 4.72 Å². The maximum absolute atomic E-state index is 11.9. The van der Waals surface area contributed by atoms with Crippen molar-refractivity contribution in [2.24, 2.45) is 0 Å². The molecule has 0 saturated heterocycles. The zero-order valence-electron chi connectivity index (χ0n) is 22.0. The van der Waals surface area contributed by atoms with Crippen molar-refractivity contribution < 1.29 is 28.5 Å². The number of nitrogens with zero attached hydrogens (tertiary/aromatic N) is 1. The lowest BCUT2D eigenvalue weighted by atomic mass is 10.1. The molecule has 10 heteroatoms. The fourth-order valence-corrected chi connectivity index (χ4v) is 4.34. The first-order valence-electron chi connectivity index (χ1n) is 12.9. The zero-order valence-corrected chi connectivity index (χ0v) is 22.8. The largest absolute Gasteiger partial charge is 0.508 e. The molecule has 2 rings (SSSR count). The smallest absolute Gasteiger partial charge is 0.301 e. The van der Waals surface area contributed by atoms with Crippen LogP contribution in [0.25, 0.3) is 0 Å². The van der Waals surface area contributed by atoms with Crippen LogP contribution in [0.5, 0.6) is 5.75 Å². The summed E-state index contributed by atoms with van der Waals surface area (Å²) in [4.78, 5) is 0. The molecule has 2 aromatic rings. The topological polar surface area (TPSA) is 131 Å². The third-order valence-corrected chi connectivity index (χ3v) is 7.53. The van der Waals surface area contributed by atoms with E-state index in [2.05, 4.69) is 10.0 Å². The maximum atomic E-state index is 11.9. The molecule has 0 aliphatic heterocycles. The Bertz CT molecular complexity index is 1020. The van der Waals surface area contributed by atoms with E-state index in [0.29, 0.717) is 23.4 Å². The minimum absolute atomic E-state index is 0.0351. The molecule has 0 aliphatic carbocycles. The van der Waals surface area contributed by atoms with Crippen molar-refractivity contribution in [2.75, 3.05) is 45.1 Å². The van der Waals surface area contributed by atoms with Gasteiger partial charge in [-0.15, -0.1) is 0 Å². The van der Waals surface area contributed by atoms with E-state index in [1.807, 2.05) is 12.1 Å². The van der Waals surface area contributed by atoms with E-state index in [1.54, 1.807) is 24.3 Å². The van der Waals surface area contributed by atoms with Gasteiger partial charge in [0, 0.05) is 45.1 Å². The highest BCUT2D eigenvalue weighted by atomic mass is 32.2. The number of anilines is 1. The average molecular weight is 538 g/mol. The van der Waals surface area contributed by atoms with Crippen LogP contribution in [0.15, 0.2) is 42.5 Å². The Balaban J connectivity index is 1.43. The number of rotatable bonds is 19. The first-order valence-corrected chi connectivity index (χ1v) is 14.4. The molecule has 5 N–H and O–H groups in total. The van der Waals surface area contributed by atoms with Gasteiger partial charge in [0.25, 0.3) is 0 Å². The Kier molecular flexibility index (Phi) is 13.9. The Morgan fingerprint density at radius 3 is 2.30 bits per heavy atom. The van der Waals surface area contributed by atoms with Gasteiger partial charge in [-0.2, -0.15) is 12.7 Å². The zero-order chi connectivity index (χ0) is 27.1. The van der Waals surface area contributed by atoms with Crippen molar-refractivity contribution in [3.63, 3.8) is 0 Å². The lowest BCUT2D eigenvalue weighted by Crippen LogP contribution is -2.28. The molecule has 0 fully saturated rings. The van der Waals surface area contributed by atoms with Crippen LogP contribution < -0.4 is 10.0 Å². The van der Waals surface area contributed by atoms with Crippen LogP contribution in [-0.2, 0) is 28.0 Å². The minimum Gasteiger partial charge on any atom is -0.508 e. The number of ether oxygens (including phenoxy) is 1.